The van der Waals surface area contributed by atoms with E-state index in [4.69, 9.17) is 4.42 Å². The summed E-state index contributed by atoms with van der Waals surface area (Å²) < 4.78 is 54.0. The summed E-state index contributed by atoms with van der Waals surface area (Å²) in [4.78, 5) is 16.1. The lowest BCUT2D eigenvalue weighted by molar-refractivity contribution is -0.114. The van der Waals surface area contributed by atoms with Crippen LogP contribution in [0, 0.1) is 13.8 Å². The summed E-state index contributed by atoms with van der Waals surface area (Å²) in [6.45, 7) is 3.74. The average molecular weight is 461 g/mol. The van der Waals surface area contributed by atoms with Crippen molar-refractivity contribution < 1.29 is 26.0 Å². The molecule has 0 bridgehead atoms. The van der Waals surface area contributed by atoms with Gasteiger partial charge in [-0.3, -0.25) is 10.1 Å². The first kappa shape index (κ1) is 22.4. The number of sulfone groups is 2. The Balaban J connectivity index is 1.65. The molecule has 0 atom stereocenters. The number of amides is 1. The summed E-state index contributed by atoms with van der Waals surface area (Å²) in [5.74, 6) is -1.87. The van der Waals surface area contributed by atoms with Gasteiger partial charge in [-0.05, 0) is 26.0 Å². The Labute approximate surface area is 180 Å². The molecule has 1 amide bonds. The van der Waals surface area contributed by atoms with Gasteiger partial charge in [0.15, 0.2) is 9.84 Å². The van der Waals surface area contributed by atoms with Gasteiger partial charge >= 0.3 is 6.01 Å². The highest BCUT2D eigenvalue weighted by Gasteiger charge is 2.18. The van der Waals surface area contributed by atoms with Crippen LogP contribution in [0.4, 0.5) is 6.01 Å². The van der Waals surface area contributed by atoms with Gasteiger partial charge in [0.05, 0.1) is 4.90 Å². The van der Waals surface area contributed by atoms with Crippen LogP contribution < -0.4 is 5.32 Å². The molecule has 10 heteroatoms. The summed E-state index contributed by atoms with van der Waals surface area (Å²) in [7, 11) is -8.10. The Hall–Kier alpha value is -3.24. The Kier molecular flexibility index (Phi) is 6.42. The molecule has 0 aliphatic rings. The fraction of sp³-hybridized carbons (Fsp3) is 0.143. The second-order valence-electron chi connectivity index (χ2n) is 6.89. The summed E-state index contributed by atoms with van der Waals surface area (Å²) in [5.41, 5.74) is 3.18. The van der Waals surface area contributed by atoms with Crippen LogP contribution in [0.2, 0.25) is 0 Å². The van der Waals surface area contributed by atoms with Gasteiger partial charge in [0.2, 0.25) is 15.7 Å². The Morgan fingerprint density at radius 2 is 1.52 bits per heavy atom. The van der Waals surface area contributed by atoms with Crippen LogP contribution in [0.1, 0.15) is 11.1 Å². The fourth-order valence-corrected chi connectivity index (χ4v) is 5.01. The van der Waals surface area contributed by atoms with Crippen molar-refractivity contribution >= 4 is 31.6 Å². The number of hydrogen-bond acceptors (Lipinski definition) is 7. The topological polar surface area (TPSA) is 123 Å². The maximum atomic E-state index is 12.2. The predicted molar refractivity (Wildman–Crippen MR) is 117 cm³/mol. The van der Waals surface area contributed by atoms with Crippen LogP contribution in [-0.4, -0.2) is 33.5 Å². The zero-order chi connectivity index (χ0) is 22.6. The van der Waals surface area contributed by atoms with Crippen LogP contribution in [0.25, 0.3) is 11.3 Å². The van der Waals surface area contributed by atoms with Crippen molar-refractivity contribution in [3.63, 3.8) is 0 Å². The van der Waals surface area contributed by atoms with Crippen LogP contribution in [-0.2, 0) is 24.5 Å². The van der Waals surface area contributed by atoms with Gasteiger partial charge in [-0.1, -0.05) is 47.5 Å². The lowest BCUT2D eigenvalue weighted by Gasteiger charge is -2.01. The number of aryl methyl sites for hydroxylation is 2. The molecule has 8 nitrogen and oxygen atoms in total. The number of carbonyl (C=O) groups is 1. The third-order valence-corrected chi connectivity index (χ3v) is 7.03. The second kappa shape index (κ2) is 8.86. The van der Waals surface area contributed by atoms with Crippen molar-refractivity contribution in [1.82, 2.24) is 4.98 Å². The highest BCUT2D eigenvalue weighted by atomic mass is 32.2. The number of aromatic nitrogens is 1. The number of rotatable bonds is 7. The molecule has 1 heterocycles. The molecule has 0 saturated heterocycles. The average Bonchev–Trinajstić information content (AvgIpc) is 3.15. The molecule has 1 N–H and O–H groups in total. The molecule has 162 valence electrons. The summed E-state index contributed by atoms with van der Waals surface area (Å²) >= 11 is 0. The Morgan fingerprint density at radius 1 is 0.935 bits per heavy atom. The van der Waals surface area contributed by atoms with E-state index in [1.54, 1.807) is 19.1 Å². The minimum Gasteiger partial charge on any atom is -0.431 e. The minimum absolute atomic E-state index is 0.0441. The van der Waals surface area contributed by atoms with Crippen molar-refractivity contribution in [1.29, 1.82) is 0 Å². The molecule has 2 aromatic carbocycles. The number of anilines is 1. The SMILES string of the molecule is Cc1ccc(-c2coc(NC(=O)CS(=O)(=O)/C=C/S(=O)(=O)c3ccc(C)cc3)n2)cc1. The van der Waals surface area contributed by atoms with E-state index in [-0.39, 0.29) is 10.9 Å². The van der Waals surface area contributed by atoms with Crippen molar-refractivity contribution in [3.8, 4) is 11.3 Å². The largest absolute Gasteiger partial charge is 0.431 e. The standard InChI is InChI=1S/C21H20N2O6S2/c1-15-3-7-17(8-4-15)19-13-29-21(22-19)23-20(24)14-30(25,26)11-12-31(27,28)18-9-5-16(2)6-10-18/h3-13H,14H2,1-2H3,(H,22,23,24)/b12-11+. The van der Waals surface area contributed by atoms with E-state index in [0.717, 1.165) is 16.7 Å². The van der Waals surface area contributed by atoms with Gasteiger partial charge in [0.25, 0.3) is 0 Å². The number of oxazole rings is 1. The molecular formula is C21H20N2O6S2. The number of nitrogens with one attached hydrogen (secondary N) is 1. The van der Waals surface area contributed by atoms with Crippen molar-refractivity contribution in [3.05, 3.63) is 76.7 Å². The smallest absolute Gasteiger partial charge is 0.301 e. The van der Waals surface area contributed by atoms with E-state index in [9.17, 15) is 21.6 Å². The van der Waals surface area contributed by atoms with Crippen molar-refractivity contribution in [2.24, 2.45) is 0 Å². The fourth-order valence-electron chi connectivity index (χ4n) is 2.54. The molecular weight excluding hydrogens is 440 g/mol. The molecule has 3 rings (SSSR count). The first-order valence-electron chi connectivity index (χ1n) is 9.09. The zero-order valence-corrected chi connectivity index (χ0v) is 18.4. The molecule has 1 aromatic heterocycles. The van der Waals surface area contributed by atoms with Gasteiger partial charge < -0.3 is 4.42 Å². The molecule has 0 fully saturated rings. The van der Waals surface area contributed by atoms with E-state index >= 15 is 0 Å². The third kappa shape index (κ3) is 6.12. The normalized spacial score (nSPS) is 12.2. The van der Waals surface area contributed by atoms with Crippen molar-refractivity contribution in [2.45, 2.75) is 18.7 Å². The first-order chi connectivity index (χ1) is 14.5. The molecule has 0 saturated carbocycles. The molecule has 0 radical (unpaired) electrons. The number of benzene rings is 2. The van der Waals surface area contributed by atoms with Crippen LogP contribution in [0.5, 0.6) is 0 Å². The van der Waals surface area contributed by atoms with Crippen molar-refractivity contribution in [2.75, 3.05) is 11.1 Å². The second-order valence-corrected chi connectivity index (χ2v) is 10.6. The predicted octanol–water partition coefficient (Wildman–Crippen LogP) is 3.26. The molecule has 3 aromatic rings. The molecule has 0 unspecified atom stereocenters. The van der Waals surface area contributed by atoms with E-state index in [0.29, 0.717) is 16.5 Å². The molecule has 0 aliphatic heterocycles. The number of hydrogen-bond donors (Lipinski definition) is 1. The van der Waals surface area contributed by atoms with E-state index < -0.39 is 31.3 Å². The summed E-state index contributed by atoms with van der Waals surface area (Å²) in [5, 5.41) is 3.33. The van der Waals surface area contributed by atoms with Crippen LogP contribution in [0.15, 0.2) is 74.9 Å². The van der Waals surface area contributed by atoms with E-state index in [2.05, 4.69) is 10.3 Å². The number of nitrogens with zero attached hydrogens (tertiary/aromatic N) is 1. The first-order valence-corrected chi connectivity index (χ1v) is 12.4. The Bertz CT molecular complexity index is 1320. The number of carbonyl (C=O) groups excluding carboxylic acids is 1. The van der Waals surface area contributed by atoms with Gasteiger partial charge in [0, 0.05) is 16.4 Å². The van der Waals surface area contributed by atoms with Crippen LogP contribution >= 0.6 is 0 Å². The molecule has 31 heavy (non-hydrogen) atoms. The molecule has 0 aliphatic carbocycles. The maximum absolute atomic E-state index is 12.2. The lowest BCUT2D eigenvalue weighted by atomic mass is 10.1. The zero-order valence-electron chi connectivity index (χ0n) is 16.8. The van der Waals surface area contributed by atoms with E-state index in [1.807, 2.05) is 31.2 Å². The highest BCUT2D eigenvalue weighted by molar-refractivity contribution is 7.98. The van der Waals surface area contributed by atoms with E-state index in [1.165, 1.54) is 18.4 Å². The summed E-state index contributed by atoms with van der Waals surface area (Å²) in [6, 6.07) is 13.3. The van der Waals surface area contributed by atoms with Gasteiger partial charge in [-0.25, -0.2) is 16.8 Å². The van der Waals surface area contributed by atoms with Gasteiger partial charge in [-0.15, -0.1) is 0 Å². The van der Waals surface area contributed by atoms with Crippen LogP contribution in [0.3, 0.4) is 0 Å². The minimum atomic E-state index is -4.14. The maximum Gasteiger partial charge on any atom is 0.301 e. The molecule has 0 spiro atoms. The lowest BCUT2D eigenvalue weighted by Crippen LogP contribution is -2.21. The summed E-state index contributed by atoms with van der Waals surface area (Å²) in [6.07, 6.45) is 1.34. The third-order valence-electron chi connectivity index (χ3n) is 4.22. The quantitative estimate of drug-likeness (QED) is 0.574. The Morgan fingerprint density at radius 3 is 2.13 bits per heavy atom. The monoisotopic (exact) mass is 460 g/mol. The highest BCUT2D eigenvalue weighted by Crippen LogP contribution is 2.21. The van der Waals surface area contributed by atoms with Gasteiger partial charge in [0.1, 0.15) is 17.7 Å². The van der Waals surface area contributed by atoms with Gasteiger partial charge in [-0.2, -0.15) is 4.98 Å².